The molecule has 0 aromatic heterocycles. The van der Waals surface area contributed by atoms with Crippen LogP contribution in [0.1, 0.15) is 37.9 Å². The van der Waals surface area contributed by atoms with E-state index in [9.17, 15) is 15.0 Å². The average molecular weight is 249 g/mol. The van der Waals surface area contributed by atoms with E-state index in [2.05, 4.69) is 0 Å². The van der Waals surface area contributed by atoms with Crippen LogP contribution in [0, 0.1) is 5.41 Å². The topological polar surface area (TPSA) is 60.8 Å². The van der Waals surface area contributed by atoms with Gasteiger partial charge in [-0.2, -0.15) is 0 Å². The lowest BCUT2D eigenvalue weighted by molar-refractivity contribution is 0.0759. The summed E-state index contributed by atoms with van der Waals surface area (Å²) in [6, 6.07) is 5.05. The molecular weight excluding hydrogens is 230 g/mol. The zero-order valence-electron chi connectivity index (χ0n) is 11.0. The Balaban J connectivity index is 2.52. The monoisotopic (exact) mass is 249 g/mol. The van der Waals surface area contributed by atoms with Crippen LogP contribution >= 0.6 is 0 Å². The summed E-state index contributed by atoms with van der Waals surface area (Å²) < 4.78 is 0. The van der Waals surface area contributed by atoms with Gasteiger partial charge in [-0.15, -0.1) is 0 Å². The number of amides is 1. The highest BCUT2D eigenvalue weighted by Crippen LogP contribution is 2.42. The van der Waals surface area contributed by atoms with Crippen molar-refractivity contribution in [2.45, 2.75) is 33.2 Å². The molecule has 1 aromatic rings. The van der Waals surface area contributed by atoms with E-state index in [1.54, 1.807) is 12.1 Å². The van der Waals surface area contributed by atoms with E-state index in [0.29, 0.717) is 13.0 Å². The van der Waals surface area contributed by atoms with E-state index in [-0.39, 0.29) is 17.2 Å². The molecule has 1 atom stereocenters. The van der Waals surface area contributed by atoms with Crippen molar-refractivity contribution < 1.29 is 15.0 Å². The minimum absolute atomic E-state index is 0.167. The second-order valence-electron chi connectivity index (χ2n) is 5.88. The van der Waals surface area contributed by atoms with E-state index >= 15 is 0 Å². The number of carboxylic acid groups (broad SMARTS) is 1. The van der Waals surface area contributed by atoms with Gasteiger partial charge >= 0.3 is 6.09 Å². The first-order valence-corrected chi connectivity index (χ1v) is 6.12. The van der Waals surface area contributed by atoms with E-state index in [1.807, 2.05) is 26.8 Å². The Morgan fingerprint density at radius 2 is 2.06 bits per heavy atom. The highest BCUT2D eigenvalue weighted by molar-refractivity contribution is 5.67. The molecular formula is C14H19NO3. The van der Waals surface area contributed by atoms with Crippen molar-refractivity contribution in [3.05, 3.63) is 29.3 Å². The van der Waals surface area contributed by atoms with Gasteiger partial charge in [0.05, 0.1) is 6.04 Å². The van der Waals surface area contributed by atoms with Crippen molar-refractivity contribution in [1.82, 2.24) is 4.90 Å². The Kier molecular flexibility index (Phi) is 2.97. The number of hydrogen-bond donors (Lipinski definition) is 2. The summed E-state index contributed by atoms with van der Waals surface area (Å²) in [5, 5.41) is 18.9. The Morgan fingerprint density at radius 1 is 1.39 bits per heavy atom. The van der Waals surface area contributed by atoms with Gasteiger partial charge in [-0.25, -0.2) is 4.79 Å². The molecule has 4 heteroatoms. The van der Waals surface area contributed by atoms with Crippen LogP contribution < -0.4 is 0 Å². The van der Waals surface area contributed by atoms with Gasteiger partial charge in [-0.3, -0.25) is 0 Å². The number of aromatic hydroxyl groups is 1. The molecule has 0 saturated heterocycles. The number of carbonyl (C=O) groups is 1. The highest BCUT2D eigenvalue weighted by Gasteiger charge is 2.38. The van der Waals surface area contributed by atoms with Crippen LogP contribution in [0.25, 0.3) is 0 Å². The van der Waals surface area contributed by atoms with Gasteiger partial charge in [0.25, 0.3) is 0 Å². The first-order chi connectivity index (χ1) is 8.30. The second kappa shape index (κ2) is 4.19. The molecule has 1 aliphatic rings. The predicted molar refractivity (Wildman–Crippen MR) is 68.7 cm³/mol. The zero-order chi connectivity index (χ0) is 13.5. The molecule has 1 amide bonds. The molecule has 1 heterocycles. The SMILES string of the molecule is CC(C)(C)C1c2ccc(O)cc2CCN1C(=O)O. The minimum atomic E-state index is -0.881. The fourth-order valence-corrected chi connectivity index (χ4v) is 2.75. The minimum Gasteiger partial charge on any atom is -0.508 e. The van der Waals surface area contributed by atoms with E-state index in [4.69, 9.17) is 0 Å². The molecule has 2 N–H and O–H groups in total. The Morgan fingerprint density at radius 3 is 2.61 bits per heavy atom. The molecule has 18 heavy (non-hydrogen) atoms. The number of benzene rings is 1. The maximum atomic E-state index is 11.4. The van der Waals surface area contributed by atoms with Crippen molar-refractivity contribution in [3.8, 4) is 5.75 Å². The van der Waals surface area contributed by atoms with Crippen molar-refractivity contribution in [2.24, 2.45) is 5.41 Å². The maximum absolute atomic E-state index is 11.4. The maximum Gasteiger partial charge on any atom is 0.407 e. The van der Waals surface area contributed by atoms with E-state index < -0.39 is 6.09 Å². The van der Waals surface area contributed by atoms with Gasteiger partial charge in [0.1, 0.15) is 5.75 Å². The number of phenolic OH excluding ortho intramolecular Hbond substituents is 1. The molecule has 1 aliphatic heterocycles. The predicted octanol–water partition coefficient (Wildman–Crippen LogP) is 3.02. The normalized spacial score (nSPS) is 19.5. The largest absolute Gasteiger partial charge is 0.508 e. The number of hydrogen-bond acceptors (Lipinski definition) is 2. The summed E-state index contributed by atoms with van der Waals surface area (Å²) >= 11 is 0. The lowest BCUT2D eigenvalue weighted by Crippen LogP contribution is -2.44. The van der Waals surface area contributed by atoms with Gasteiger partial charge in [0.15, 0.2) is 0 Å². The molecule has 1 unspecified atom stereocenters. The summed E-state index contributed by atoms with van der Waals surface area (Å²) in [5.74, 6) is 0.241. The Hall–Kier alpha value is -1.71. The molecule has 0 aliphatic carbocycles. The first-order valence-electron chi connectivity index (χ1n) is 6.12. The molecule has 0 radical (unpaired) electrons. The van der Waals surface area contributed by atoms with Crippen molar-refractivity contribution in [2.75, 3.05) is 6.54 Å². The smallest absolute Gasteiger partial charge is 0.407 e. The third-order valence-corrected chi connectivity index (χ3v) is 3.42. The molecule has 0 bridgehead atoms. The van der Waals surface area contributed by atoms with Crippen molar-refractivity contribution in [1.29, 1.82) is 0 Å². The van der Waals surface area contributed by atoms with Gasteiger partial charge in [0.2, 0.25) is 0 Å². The van der Waals surface area contributed by atoms with Crippen molar-refractivity contribution >= 4 is 6.09 Å². The molecule has 1 aromatic carbocycles. The fraction of sp³-hybridized carbons (Fsp3) is 0.500. The zero-order valence-corrected chi connectivity index (χ0v) is 11.0. The third kappa shape index (κ3) is 2.15. The summed E-state index contributed by atoms with van der Waals surface area (Å²) in [7, 11) is 0. The quantitative estimate of drug-likeness (QED) is 0.743. The molecule has 4 nitrogen and oxygen atoms in total. The summed E-state index contributed by atoms with van der Waals surface area (Å²) in [4.78, 5) is 12.9. The summed E-state index contributed by atoms with van der Waals surface area (Å²) in [6.45, 7) is 6.59. The van der Waals surface area contributed by atoms with Crippen LogP contribution in [0.4, 0.5) is 4.79 Å². The van der Waals surface area contributed by atoms with Gasteiger partial charge in [-0.1, -0.05) is 26.8 Å². The third-order valence-electron chi connectivity index (χ3n) is 3.42. The molecule has 0 spiro atoms. The lowest BCUT2D eigenvalue weighted by Gasteiger charge is -2.43. The van der Waals surface area contributed by atoms with Crippen LogP contribution in [0.3, 0.4) is 0 Å². The van der Waals surface area contributed by atoms with Crippen molar-refractivity contribution in [3.63, 3.8) is 0 Å². The van der Waals surface area contributed by atoms with Crippen LogP contribution in [-0.4, -0.2) is 27.8 Å². The summed E-state index contributed by atoms with van der Waals surface area (Å²) in [6.07, 6.45) is -0.226. The Labute approximate surface area is 107 Å². The second-order valence-corrected chi connectivity index (χ2v) is 5.88. The van der Waals surface area contributed by atoms with Gasteiger partial charge in [-0.05, 0) is 35.1 Å². The van der Waals surface area contributed by atoms with Crippen LogP contribution in [0.5, 0.6) is 5.75 Å². The molecule has 0 saturated carbocycles. The lowest BCUT2D eigenvalue weighted by atomic mass is 9.77. The number of phenols is 1. The first kappa shape index (κ1) is 12.7. The molecule has 98 valence electrons. The van der Waals surface area contributed by atoms with Gasteiger partial charge in [0, 0.05) is 6.54 Å². The Bertz CT molecular complexity index is 476. The number of rotatable bonds is 0. The van der Waals surface area contributed by atoms with Crippen LogP contribution in [-0.2, 0) is 6.42 Å². The van der Waals surface area contributed by atoms with Crippen LogP contribution in [0.2, 0.25) is 0 Å². The van der Waals surface area contributed by atoms with E-state index in [0.717, 1.165) is 11.1 Å². The highest BCUT2D eigenvalue weighted by atomic mass is 16.4. The number of nitrogens with zero attached hydrogens (tertiary/aromatic N) is 1. The summed E-state index contributed by atoms with van der Waals surface area (Å²) in [5.41, 5.74) is 1.88. The van der Waals surface area contributed by atoms with Crippen LogP contribution in [0.15, 0.2) is 18.2 Å². The average Bonchev–Trinajstić information content (AvgIpc) is 2.25. The molecule has 2 rings (SSSR count). The standard InChI is InChI=1S/C14H19NO3/c1-14(2,3)12-11-5-4-10(16)8-9(11)6-7-15(12)13(17)18/h4-5,8,12,16H,6-7H2,1-3H3,(H,17,18). The van der Waals surface area contributed by atoms with Gasteiger partial charge < -0.3 is 15.1 Å². The fourth-order valence-electron chi connectivity index (χ4n) is 2.75. The molecule has 0 fully saturated rings. The number of fused-ring (bicyclic) bond motifs is 1. The van der Waals surface area contributed by atoms with E-state index in [1.165, 1.54) is 4.90 Å².